The van der Waals surface area contributed by atoms with Crippen LogP contribution in [0.5, 0.6) is 0 Å². The Morgan fingerprint density at radius 3 is 2.88 bits per heavy atom. The summed E-state index contributed by atoms with van der Waals surface area (Å²) in [5, 5.41) is 9.23. The number of nitrogens with one attached hydrogen (secondary N) is 1. The predicted molar refractivity (Wildman–Crippen MR) is 94.8 cm³/mol. The molecule has 1 aliphatic rings. The lowest BCUT2D eigenvalue weighted by Crippen LogP contribution is -1.96. The van der Waals surface area contributed by atoms with Crippen LogP contribution in [0.2, 0.25) is 10.2 Å². The molecule has 5 rings (SSSR count). The molecule has 3 heterocycles. The third kappa shape index (κ3) is 1.98. The molecule has 120 valence electrons. The summed E-state index contributed by atoms with van der Waals surface area (Å²) in [6.45, 7) is 1.97. The van der Waals surface area contributed by atoms with Gasteiger partial charge in [0.05, 0.1) is 28.1 Å². The second-order valence-electron chi connectivity index (χ2n) is 6.25. The first-order valence-electron chi connectivity index (χ1n) is 7.79. The number of H-pyrrole nitrogens is 1. The Kier molecular flexibility index (Phi) is 2.94. The van der Waals surface area contributed by atoms with Crippen LogP contribution in [-0.2, 0) is 0 Å². The maximum Gasteiger partial charge on any atom is 0.149 e. The van der Waals surface area contributed by atoms with Gasteiger partial charge in [0.1, 0.15) is 17.1 Å². The normalized spacial score (nSPS) is 14.8. The number of imidazole rings is 1. The van der Waals surface area contributed by atoms with E-state index >= 15 is 0 Å². The van der Waals surface area contributed by atoms with E-state index < -0.39 is 0 Å². The zero-order valence-corrected chi connectivity index (χ0v) is 14.4. The lowest BCUT2D eigenvalue weighted by atomic mass is 10.0. The number of aromatic nitrogens is 5. The van der Waals surface area contributed by atoms with Crippen molar-refractivity contribution >= 4 is 39.8 Å². The zero-order chi connectivity index (χ0) is 16.4. The van der Waals surface area contributed by atoms with Gasteiger partial charge in [-0.2, -0.15) is 5.10 Å². The fraction of sp³-hybridized carbons (Fsp3) is 0.235. The van der Waals surface area contributed by atoms with E-state index in [0.29, 0.717) is 16.1 Å². The average Bonchev–Trinajstić information content (AvgIpc) is 3.19. The lowest BCUT2D eigenvalue weighted by molar-refractivity contribution is 1.04. The van der Waals surface area contributed by atoms with E-state index in [1.807, 2.05) is 23.5 Å². The van der Waals surface area contributed by atoms with Crippen LogP contribution in [0.15, 0.2) is 24.7 Å². The Balaban J connectivity index is 1.83. The molecular formula is C17H13Cl2N5. The minimum atomic E-state index is 0.477. The Morgan fingerprint density at radius 2 is 2.08 bits per heavy atom. The minimum Gasteiger partial charge on any atom is -0.276 e. The van der Waals surface area contributed by atoms with Gasteiger partial charge in [-0.05, 0) is 37.5 Å². The van der Waals surface area contributed by atoms with Gasteiger partial charge >= 0.3 is 0 Å². The Hall–Kier alpha value is -2.11. The fourth-order valence-corrected chi connectivity index (χ4v) is 3.78. The Morgan fingerprint density at radius 1 is 1.25 bits per heavy atom. The molecule has 7 heteroatoms. The summed E-state index contributed by atoms with van der Waals surface area (Å²) < 4.78 is 1.87. The number of halogens is 2. The smallest absolute Gasteiger partial charge is 0.149 e. The summed E-state index contributed by atoms with van der Waals surface area (Å²) in [7, 11) is 0. The van der Waals surface area contributed by atoms with Gasteiger partial charge in [0.25, 0.3) is 0 Å². The van der Waals surface area contributed by atoms with Gasteiger partial charge in [0, 0.05) is 16.9 Å². The average molecular weight is 358 g/mol. The SMILES string of the molecule is Cc1ncn2c(Cl)c(C3CC3)nc2c1-c1cc(Cl)c2[nH]ncc2c1. The molecular weight excluding hydrogens is 345 g/mol. The Bertz CT molecular complexity index is 1110. The van der Waals surface area contributed by atoms with E-state index in [0.717, 1.165) is 51.9 Å². The monoisotopic (exact) mass is 357 g/mol. The van der Waals surface area contributed by atoms with E-state index in [2.05, 4.69) is 15.2 Å². The summed E-state index contributed by atoms with van der Waals surface area (Å²) in [4.78, 5) is 9.34. The predicted octanol–water partition coefficient (Wildman–Crippen LogP) is 4.77. The van der Waals surface area contributed by atoms with Crippen molar-refractivity contribution < 1.29 is 0 Å². The van der Waals surface area contributed by atoms with Gasteiger partial charge in [-0.25, -0.2) is 9.97 Å². The van der Waals surface area contributed by atoms with Crippen LogP contribution in [0.25, 0.3) is 27.7 Å². The third-order valence-corrected chi connectivity index (χ3v) is 5.26. The van der Waals surface area contributed by atoms with E-state index in [9.17, 15) is 0 Å². The van der Waals surface area contributed by atoms with Crippen LogP contribution in [0.1, 0.15) is 30.1 Å². The van der Waals surface area contributed by atoms with E-state index in [-0.39, 0.29) is 0 Å². The molecule has 24 heavy (non-hydrogen) atoms. The van der Waals surface area contributed by atoms with Crippen LogP contribution < -0.4 is 0 Å². The molecule has 0 unspecified atom stereocenters. The van der Waals surface area contributed by atoms with Crippen LogP contribution in [-0.4, -0.2) is 24.6 Å². The molecule has 0 atom stereocenters. The van der Waals surface area contributed by atoms with Crippen molar-refractivity contribution in [3.63, 3.8) is 0 Å². The van der Waals surface area contributed by atoms with E-state index in [4.69, 9.17) is 28.2 Å². The van der Waals surface area contributed by atoms with Gasteiger partial charge < -0.3 is 0 Å². The number of hydrogen-bond donors (Lipinski definition) is 1. The highest BCUT2D eigenvalue weighted by molar-refractivity contribution is 6.35. The zero-order valence-electron chi connectivity index (χ0n) is 12.8. The topological polar surface area (TPSA) is 58.9 Å². The van der Waals surface area contributed by atoms with Crippen LogP contribution >= 0.6 is 23.2 Å². The van der Waals surface area contributed by atoms with Crippen molar-refractivity contribution in [2.45, 2.75) is 25.7 Å². The first-order chi connectivity index (χ1) is 11.6. The Labute approximate surface area is 147 Å². The summed E-state index contributed by atoms with van der Waals surface area (Å²) >= 11 is 12.9. The molecule has 0 aliphatic heterocycles. The number of nitrogens with zero attached hydrogens (tertiary/aromatic N) is 4. The van der Waals surface area contributed by atoms with Crippen molar-refractivity contribution in [2.75, 3.05) is 0 Å². The quantitative estimate of drug-likeness (QED) is 0.562. The van der Waals surface area contributed by atoms with Crippen molar-refractivity contribution in [3.8, 4) is 11.1 Å². The maximum absolute atomic E-state index is 6.53. The standard InChI is InChI=1S/C17H13Cl2N5/c1-8-13(10-4-11-6-21-23-14(11)12(18)5-10)17-22-15(9-2-3-9)16(19)24(17)7-20-8/h4-7,9H,2-3H2,1H3,(H,21,23). The highest BCUT2D eigenvalue weighted by atomic mass is 35.5. The number of benzene rings is 1. The molecule has 1 aliphatic carbocycles. The van der Waals surface area contributed by atoms with Crippen LogP contribution in [0, 0.1) is 6.92 Å². The van der Waals surface area contributed by atoms with Gasteiger partial charge in [-0.15, -0.1) is 0 Å². The molecule has 1 aromatic carbocycles. The molecule has 1 fully saturated rings. The van der Waals surface area contributed by atoms with Crippen molar-refractivity contribution in [3.05, 3.63) is 46.2 Å². The number of fused-ring (bicyclic) bond motifs is 2. The second kappa shape index (κ2) is 4.94. The highest BCUT2D eigenvalue weighted by Gasteiger charge is 2.30. The molecule has 5 nitrogen and oxygen atoms in total. The van der Waals surface area contributed by atoms with Gasteiger partial charge in [-0.3, -0.25) is 9.50 Å². The molecule has 0 saturated heterocycles. The van der Waals surface area contributed by atoms with Gasteiger partial charge in [0.2, 0.25) is 0 Å². The highest BCUT2D eigenvalue weighted by Crippen LogP contribution is 2.44. The summed E-state index contributed by atoms with van der Waals surface area (Å²) in [5.41, 5.74) is 5.45. The molecule has 1 saturated carbocycles. The van der Waals surface area contributed by atoms with E-state index in [1.54, 1.807) is 12.5 Å². The molecule has 1 N–H and O–H groups in total. The first kappa shape index (κ1) is 14.3. The third-order valence-electron chi connectivity index (χ3n) is 4.58. The summed E-state index contributed by atoms with van der Waals surface area (Å²) in [6, 6.07) is 3.97. The van der Waals surface area contributed by atoms with Crippen molar-refractivity contribution in [1.29, 1.82) is 0 Å². The number of aromatic amines is 1. The van der Waals surface area contributed by atoms with Crippen LogP contribution in [0.4, 0.5) is 0 Å². The molecule has 0 radical (unpaired) electrons. The molecule has 4 aromatic rings. The fourth-order valence-electron chi connectivity index (χ4n) is 3.20. The lowest BCUT2D eigenvalue weighted by Gasteiger charge is -2.08. The maximum atomic E-state index is 6.53. The number of rotatable bonds is 2. The molecule has 0 bridgehead atoms. The van der Waals surface area contributed by atoms with Crippen molar-refractivity contribution in [2.24, 2.45) is 0 Å². The first-order valence-corrected chi connectivity index (χ1v) is 8.55. The minimum absolute atomic E-state index is 0.477. The van der Waals surface area contributed by atoms with E-state index in [1.165, 1.54) is 0 Å². The van der Waals surface area contributed by atoms with Gasteiger partial charge in [0.15, 0.2) is 0 Å². The van der Waals surface area contributed by atoms with Crippen molar-refractivity contribution in [1.82, 2.24) is 24.6 Å². The molecule has 3 aromatic heterocycles. The number of aryl methyl sites for hydroxylation is 1. The second-order valence-corrected chi connectivity index (χ2v) is 7.02. The van der Waals surface area contributed by atoms with Crippen LogP contribution in [0.3, 0.4) is 0 Å². The summed E-state index contributed by atoms with van der Waals surface area (Å²) in [5.74, 6) is 0.477. The summed E-state index contributed by atoms with van der Waals surface area (Å²) in [6.07, 6.45) is 5.81. The molecule has 0 spiro atoms. The number of hydrogen-bond acceptors (Lipinski definition) is 3. The molecule has 0 amide bonds. The van der Waals surface area contributed by atoms with Gasteiger partial charge in [-0.1, -0.05) is 23.2 Å². The largest absolute Gasteiger partial charge is 0.276 e.